The molecular weight excluding hydrogens is 266 g/mol. The Bertz CT molecular complexity index is 793. The second-order valence-corrected chi connectivity index (χ2v) is 5.13. The number of ether oxygens (including phenoxy) is 1. The van der Waals surface area contributed by atoms with Crippen LogP contribution in [0.1, 0.15) is 19.9 Å². The number of phenolic OH excluding ortho intramolecular Hbond substituents is 1. The van der Waals surface area contributed by atoms with Gasteiger partial charge in [0.15, 0.2) is 5.65 Å². The molecule has 0 saturated heterocycles. The van der Waals surface area contributed by atoms with E-state index in [0.717, 1.165) is 11.2 Å². The molecule has 0 saturated carbocycles. The summed E-state index contributed by atoms with van der Waals surface area (Å²) in [6, 6.07) is 9.07. The van der Waals surface area contributed by atoms with Gasteiger partial charge >= 0.3 is 0 Å². The van der Waals surface area contributed by atoms with Crippen LogP contribution in [0.4, 0.5) is 0 Å². The van der Waals surface area contributed by atoms with Gasteiger partial charge in [0.1, 0.15) is 22.8 Å². The van der Waals surface area contributed by atoms with E-state index in [1.807, 2.05) is 16.7 Å². The smallest absolute Gasteiger partial charge is 0.160 e. The van der Waals surface area contributed by atoms with Crippen molar-refractivity contribution in [2.45, 2.75) is 19.9 Å². The molecular formula is C16H17N3O2. The van der Waals surface area contributed by atoms with Gasteiger partial charge in [0.25, 0.3) is 0 Å². The molecule has 0 amide bonds. The molecule has 0 aliphatic rings. The van der Waals surface area contributed by atoms with Crippen LogP contribution in [-0.2, 0) is 0 Å². The van der Waals surface area contributed by atoms with Crippen LogP contribution in [0.15, 0.2) is 36.5 Å². The predicted octanol–water partition coefficient (Wildman–Crippen LogP) is 3.39. The van der Waals surface area contributed by atoms with Gasteiger partial charge in [-0.05, 0) is 44.2 Å². The number of methoxy groups -OCH3 is 1. The summed E-state index contributed by atoms with van der Waals surface area (Å²) in [6.45, 7) is 4.13. The monoisotopic (exact) mass is 283 g/mol. The summed E-state index contributed by atoms with van der Waals surface area (Å²) >= 11 is 0. The molecule has 5 nitrogen and oxygen atoms in total. The molecule has 0 unspecified atom stereocenters. The molecule has 108 valence electrons. The molecule has 3 aromatic rings. The van der Waals surface area contributed by atoms with E-state index in [1.165, 1.54) is 0 Å². The van der Waals surface area contributed by atoms with Gasteiger partial charge in [-0.25, -0.2) is 9.97 Å². The summed E-state index contributed by atoms with van der Waals surface area (Å²) < 4.78 is 7.26. The first-order chi connectivity index (χ1) is 10.1. The van der Waals surface area contributed by atoms with Crippen LogP contribution in [0.2, 0.25) is 0 Å². The third-order valence-corrected chi connectivity index (χ3v) is 3.41. The number of rotatable bonds is 3. The maximum absolute atomic E-state index is 10.2. The third-order valence-electron chi connectivity index (χ3n) is 3.41. The van der Waals surface area contributed by atoms with Crippen LogP contribution in [0.5, 0.6) is 11.5 Å². The standard InChI is InChI=1S/C16H17N3O2/c1-10(2)19-15(18-13-5-4-8-17-16(13)19)12-9-11(21-3)6-7-14(12)20/h4-10,20H,1-3H3. The number of aromatic nitrogens is 3. The molecule has 0 fully saturated rings. The van der Waals surface area contributed by atoms with E-state index in [-0.39, 0.29) is 11.8 Å². The molecule has 0 spiro atoms. The van der Waals surface area contributed by atoms with E-state index in [9.17, 15) is 5.11 Å². The second kappa shape index (κ2) is 5.09. The topological polar surface area (TPSA) is 60.2 Å². The lowest BCUT2D eigenvalue weighted by Gasteiger charge is -2.13. The number of hydrogen-bond donors (Lipinski definition) is 1. The Balaban J connectivity index is 2.32. The van der Waals surface area contributed by atoms with Crippen LogP contribution in [0, 0.1) is 0 Å². The molecule has 0 aliphatic heterocycles. The van der Waals surface area contributed by atoms with Gasteiger partial charge in [0, 0.05) is 12.2 Å². The Morgan fingerprint density at radius 1 is 1.24 bits per heavy atom. The van der Waals surface area contributed by atoms with Crippen molar-refractivity contribution >= 4 is 11.2 Å². The summed E-state index contributed by atoms with van der Waals surface area (Å²) in [4.78, 5) is 9.03. The highest BCUT2D eigenvalue weighted by Crippen LogP contribution is 2.35. The molecule has 21 heavy (non-hydrogen) atoms. The van der Waals surface area contributed by atoms with Gasteiger partial charge in [-0.3, -0.25) is 0 Å². The largest absolute Gasteiger partial charge is 0.507 e. The van der Waals surface area contributed by atoms with Gasteiger partial charge in [-0.2, -0.15) is 0 Å². The fourth-order valence-corrected chi connectivity index (χ4v) is 2.43. The van der Waals surface area contributed by atoms with E-state index < -0.39 is 0 Å². The lowest BCUT2D eigenvalue weighted by molar-refractivity contribution is 0.412. The zero-order valence-corrected chi connectivity index (χ0v) is 12.2. The molecule has 1 aromatic carbocycles. The molecule has 2 heterocycles. The van der Waals surface area contributed by atoms with E-state index >= 15 is 0 Å². The van der Waals surface area contributed by atoms with E-state index in [2.05, 4.69) is 23.8 Å². The summed E-state index contributed by atoms with van der Waals surface area (Å²) in [7, 11) is 1.60. The van der Waals surface area contributed by atoms with Crippen molar-refractivity contribution in [3.8, 4) is 22.9 Å². The Morgan fingerprint density at radius 2 is 2.05 bits per heavy atom. The number of benzene rings is 1. The Labute approximate surface area is 122 Å². The number of imidazole rings is 1. The number of aromatic hydroxyl groups is 1. The highest BCUT2D eigenvalue weighted by Gasteiger charge is 2.18. The van der Waals surface area contributed by atoms with Crippen molar-refractivity contribution in [1.82, 2.24) is 14.5 Å². The average molecular weight is 283 g/mol. The molecule has 0 radical (unpaired) electrons. The summed E-state index contributed by atoms with van der Waals surface area (Å²) in [6.07, 6.45) is 1.75. The molecule has 3 rings (SSSR count). The fourth-order valence-electron chi connectivity index (χ4n) is 2.43. The zero-order valence-electron chi connectivity index (χ0n) is 12.2. The maximum atomic E-state index is 10.2. The summed E-state index contributed by atoms with van der Waals surface area (Å²) in [5.74, 6) is 1.54. The minimum absolute atomic E-state index is 0.172. The average Bonchev–Trinajstić information content (AvgIpc) is 2.87. The van der Waals surface area contributed by atoms with Crippen molar-refractivity contribution < 1.29 is 9.84 Å². The first-order valence-electron chi connectivity index (χ1n) is 6.82. The third kappa shape index (κ3) is 2.20. The molecule has 0 bridgehead atoms. The molecule has 0 atom stereocenters. The Kier molecular flexibility index (Phi) is 3.25. The lowest BCUT2D eigenvalue weighted by Crippen LogP contribution is -2.04. The lowest BCUT2D eigenvalue weighted by atomic mass is 10.1. The summed E-state index contributed by atoms with van der Waals surface area (Å²) in [5, 5.41) is 10.2. The fraction of sp³-hybridized carbons (Fsp3) is 0.250. The second-order valence-electron chi connectivity index (χ2n) is 5.13. The van der Waals surface area contributed by atoms with Crippen LogP contribution in [-0.4, -0.2) is 26.8 Å². The van der Waals surface area contributed by atoms with Gasteiger partial charge in [0.2, 0.25) is 0 Å². The highest BCUT2D eigenvalue weighted by atomic mass is 16.5. The van der Waals surface area contributed by atoms with Crippen molar-refractivity contribution in [1.29, 1.82) is 0 Å². The van der Waals surface area contributed by atoms with Gasteiger partial charge in [-0.15, -0.1) is 0 Å². The first-order valence-corrected chi connectivity index (χ1v) is 6.82. The van der Waals surface area contributed by atoms with Crippen LogP contribution in [0.3, 0.4) is 0 Å². The van der Waals surface area contributed by atoms with Crippen molar-refractivity contribution in [2.75, 3.05) is 7.11 Å². The number of nitrogens with zero attached hydrogens (tertiary/aromatic N) is 3. The van der Waals surface area contributed by atoms with E-state index in [0.29, 0.717) is 17.1 Å². The van der Waals surface area contributed by atoms with Gasteiger partial charge in [-0.1, -0.05) is 0 Å². The number of phenols is 1. The van der Waals surface area contributed by atoms with Crippen molar-refractivity contribution in [3.05, 3.63) is 36.5 Å². The van der Waals surface area contributed by atoms with Crippen LogP contribution >= 0.6 is 0 Å². The SMILES string of the molecule is COc1ccc(O)c(-c2nc3cccnc3n2C(C)C)c1. The maximum Gasteiger partial charge on any atom is 0.160 e. The molecule has 1 N–H and O–H groups in total. The Hall–Kier alpha value is -2.56. The number of pyridine rings is 1. The van der Waals surface area contributed by atoms with E-state index in [1.54, 1.807) is 31.5 Å². The number of fused-ring (bicyclic) bond motifs is 1. The van der Waals surface area contributed by atoms with Crippen molar-refractivity contribution in [2.24, 2.45) is 0 Å². The van der Waals surface area contributed by atoms with Gasteiger partial charge < -0.3 is 14.4 Å². The Morgan fingerprint density at radius 3 is 2.76 bits per heavy atom. The summed E-state index contributed by atoms with van der Waals surface area (Å²) in [5.41, 5.74) is 2.26. The predicted molar refractivity (Wildman–Crippen MR) is 81.6 cm³/mol. The molecule has 2 aromatic heterocycles. The quantitative estimate of drug-likeness (QED) is 0.800. The zero-order chi connectivity index (χ0) is 15.0. The normalized spacial score (nSPS) is 11.2. The highest BCUT2D eigenvalue weighted by molar-refractivity contribution is 5.79. The minimum Gasteiger partial charge on any atom is -0.507 e. The first kappa shape index (κ1) is 13.4. The van der Waals surface area contributed by atoms with Crippen LogP contribution < -0.4 is 4.74 Å². The van der Waals surface area contributed by atoms with Crippen LogP contribution in [0.25, 0.3) is 22.6 Å². The van der Waals surface area contributed by atoms with Gasteiger partial charge in [0.05, 0.1) is 12.7 Å². The number of hydrogen-bond acceptors (Lipinski definition) is 4. The van der Waals surface area contributed by atoms with Crippen molar-refractivity contribution in [3.63, 3.8) is 0 Å². The molecule has 0 aliphatic carbocycles. The van der Waals surface area contributed by atoms with E-state index in [4.69, 9.17) is 4.74 Å². The molecule has 5 heteroatoms. The minimum atomic E-state index is 0.172.